The van der Waals surface area contributed by atoms with Crippen molar-refractivity contribution < 1.29 is 5.11 Å². The van der Waals surface area contributed by atoms with Crippen LogP contribution < -0.4 is 11.2 Å². The quantitative estimate of drug-likeness (QED) is 0.728. The van der Waals surface area contributed by atoms with Crippen molar-refractivity contribution in [3.05, 3.63) is 44.3 Å². The second-order valence-corrected chi connectivity index (χ2v) is 3.65. The predicted octanol–water partition coefficient (Wildman–Crippen LogP) is -0.229. The maximum atomic E-state index is 11.8. The molecule has 1 aromatic heterocycles. The number of rotatable bonds is 1. The smallest absolute Gasteiger partial charge is 0.333 e. The minimum atomic E-state index is -0.569. The van der Waals surface area contributed by atoms with Gasteiger partial charge in [0.05, 0.1) is 5.70 Å². The molecule has 1 aliphatic heterocycles. The Labute approximate surface area is 96.5 Å². The molecule has 0 atom stereocenters. The van der Waals surface area contributed by atoms with Crippen molar-refractivity contribution in [2.75, 3.05) is 0 Å². The van der Waals surface area contributed by atoms with Crippen molar-refractivity contribution >= 4 is 12.3 Å². The van der Waals surface area contributed by atoms with Crippen LogP contribution in [0.2, 0.25) is 0 Å². The Morgan fingerprint density at radius 2 is 2.00 bits per heavy atom. The monoisotopic (exact) mass is 233 g/mol. The Morgan fingerprint density at radius 1 is 1.29 bits per heavy atom. The molecule has 0 aliphatic carbocycles. The highest BCUT2D eigenvalue weighted by atomic mass is 16.3. The lowest BCUT2D eigenvalue weighted by molar-refractivity contribution is 0.410. The van der Waals surface area contributed by atoms with Gasteiger partial charge in [0.1, 0.15) is 5.56 Å². The van der Waals surface area contributed by atoms with E-state index in [9.17, 15) is 14.7 Å². The van der Waals surface area contributed by atoms with Crippen molar-refractivity contribution in [2.24, 2.45) is 19.1 Å². The molecular weight excluding hydrogens is 222 g/mol. The summed E-state index contributed by atoms with van der Waals surface area (Å²) >= 11 is 0. The molecule has 0 spiro atoms. The van der Waals surface area contributed by atoms with Gasteiger partial charge in [0.25, 0.3) is 5.56 Å². The van der Waals surface area contributed by atoms with Gasteiger partial charge >= 0.3 is 5.69 Å². The van der Waals surface area contributed by atoms with E-state index in [0.717, 1.165) is 9.13 Å². The Bertz CT molecular complexity index is 660. The number of aromatic nitrogens is 2. The van der Waals surface area contributed by atoms with E-state index in [4.69, 9.17) is 0 Å². The molecule has 0 amide bonds. The molecule has 17 heavy (non-hydrogen) atoms. The fourth-order valence-electron chi connectivity index (χ4n) is 1.53. The van der Waals surface area contributed by atoms with Crippen molar-refractivity contribution in [3.63, 3.8) is 0 Å². The molecule has 0 unspecified atom stereocenters. The number of nitrogens with zero attached hydrogens (tertiary/aromatic N) is 3. The summed E-state index contributed by atoms with van der Waals surface area (Å²) in [6.45, 7) is 0. The van der Waals surface area contributed by atoms with Gasteiger partial charge in [-0.2, -0.15) is 0 Å². The molecule has 6 heteroatoms. The Kier molecular flexibility index (Phi) is 2.55. The molecule has 0 radical (unpaired) electrons. The van der Waals surface area contributed by atoms with Crippen LogP contribution in [0.15, 0.2) is 32.4 Å². The SMILES string of the molecule is Cn1c(O)c(C=C2C=CC=N2)c(=O)n(C)c1=O. The number of hydrogen-bond donors (Lipinski definition) is 1. The summed E-state index contributed by atoms with van der Waals surface area (Å²) in [7, 11) is 2.76. The number of hydrogen-bond acceptors (Lipinski definition) is 4. The third-order valence-electron chi connectivity index (χ3n) is 2.54. The second-order valence-electron chi connectivity index (χ2n) is 3.65. The van der Waals surface area contributed by atoms with E-state index in [-0.39, 0.29) is 11.4 Å². The van der Waals surface area contributed by atoms with Crippen LogP contribution in [-0.2, 0) is 14.1 Å². The lowest BCUT2D eigenvalue weighted by Gasteiger charge is -2.07. The van der Waals surface area contributed by atoms with Crippen molar-refractivity contribution in [1.82, 2.24) is 9.13 Å². The summed E-state index contributed by atoms with van der Waals surface area (Å²) in [5.41, 5.74) is -0.516. The van der Waals surface area contributed by atoms with Gasteiger partial charge in [0.2, 0.25) is 5.88 Å². The third-order valence-corrected chi connectivity index (χ3v) is 2.54. The summed E-state index contributed by atoms with van der Waals surface area (Å²) < 4.78 is 1.95. The van der Waals surface area contributed by atoms with Crippen molar-refractivity contribution in [3.8, 4) is 5.88 Å². The standard InChI is InChI=1S/C11H11N3O3/c1-13-9(15)8(6-7-4-3-5-12-7)10(16)14(2)11(13)17/h3-6,15H,1-2H3. The normalized spacial score (nSPS) is 16.0. The summed E-state index contributed by atoms with van der Waals surface area (Å²) in [4.78, 5) is 27.3. The molecule has 0 saturated heterocycles. The Morgan fingerprint density at radius 3 is 2.59 bits per heavy atom. The first-order valence-corrected chi connectivity index (χ1v) is 4.94. The molecule has 2 rings (SSSR count). The van der Waals surface area contributed by atoms with Gasteiger partial charge in [0, 0.05) is 20.3 Å². The van der Waals surface area contributed by atoms with Crippen LogP contribution in [0, 0.1) is 0 Å². The van der Waals surface area contributed by atoms with Crippen LogP contribution in [0.4, 0.5) is 0 Å². The summed E-state index contributed by atoms with van der Waals surface area (Å²) in [6.07, 6.45) is 6.44. The van der Waals surface area contributed by atoms with E-state index in [2.05, 4.69) is 4.99 Å². The van der Waals surface area contributed by atoms with Gasteiger partial charge in [-0.15, -0.1) is 0 Å². The van der Waals surface area contributed by atoms with E-state index in [0.29, 0.717) is 5.70 Å². The topological polar surface area (TPSA) is 76.6 Å². The maximum absolute atomic E-state index is 11.8. The molecule has 1 N–H and O–H groups in total. The highest BCUT2D eigenvalue weighted by Gasteiger charge is 2.13. The van der Waals surface area contributed by atoms with Crippen molar-refractivity contribution in [1.29, 1.82) is 0 Å². The average molecular weight is 233 g/mol. The summed E-state index contributed by atoms with van der Waals surface area (Å²) in [6, 6.07) is 0. The molecule has 6 nitrogen and oxygen atoms in total. The van der Waals surface area contributed by atoms with Gasteiger partial charge in [0.15, 0.2) is 0 Å². The molecule has 0 fully saturated rings. The zero-order valence-corrected chi connectivity index (χ0v) is 9.41. The highest BCUT2D eigenvalue weighted by Crippen LogP contribution is 2.15. The Hall–Kier alpha value is -2.37. The second kappa shape index (κ2) is 3.89. The zero-order chi connectivity index (χ0) is 12.6. The minimum absolute atomic E-state index is 0.0494. The first-order valence-electron chi connectivity index (χ1n) is 4.94. The first kappa shape index (κ1) is 11.1. The van der Waals surface area contributed by atoms with Gasteiger partial charge in [-0.3, -0.25) is 18.9 Å². The van der Waals surface area contributed by atoms with Crippen LogP contribution in [-0.4, -0.2) is 20.5 Å². The van der Waals surface area contributed by atoms with E-state index < -0.39 is 11.2 Å². The van der Waals surface area contributed by atoms with Crippen LogP contribution in [0.3, 0.4) is 0 Å². The predicted molar refractivity (Wildman–Crippen MR) is 64.2 cm³/mol. The highest BCUT2D eigenvalue weighted by molar-refractivity contribution is 5.79. The number of aliphatic imine (C=N–C) groups is 1. The van der Waals surface area contributed by atoms with E-state index >= 15 is 0 Å². The number of aromatic hydroxyl groups is 1. The fourth-order valence-corrected chi connectivity index (χ4v) is 1.53. The van der Waals surface area contributed by atoms with Gasteiger partial charge in [-0.1, -0.05) is 0 Å². The largest absolute Gasteiger partial charge is 0.494 e. The Balaban J connectivity index is 2.75. The minimum Gasteiger partial charge on any atom is -0.494 e. The van der Waals surface area contributed by atoms with Gasteiger partial charge < -0.3 is 5.11 Å². The average Bonchev–Trinajstić information content (AvgIpc) is 2.82. The third kappa shape index (κ3) is 1.73. The van der Waals surface area contributed by atoms with Gasteiger partial charge in [-0.25, -0.2) is 4.79 Å². The molecule has 88 valence electrons. The maximum Gasteiger partial charge on any atom is 0.333 e. The summed E-state index contributed by atoms with van der Waals surface area (Å²) in [5.74, 6) is -0.360. The molecule has 0 saturated carbocycles. The molecule has 1 aromatic rings. The first-order chi connectivity index (χ1) is 8.02. The van der Waals surface area contributed by atoms with Crippen LogP contribution in [0.1, 0.15) is 5.56 Å². The van der Waals surface area contributed by atoms with E-state index in [1.807, 2.05) is 0 Å². The van der Waals surface area contributed by atoms with Gasteiger partial charge in [-0.05, 0) is 18.2 Å². The lowest BCUT2D eigenvalue weighted by atomic mass is 10.2. The summed E-state index contributed by atoms with van der Waals surface area (Å²) in [5, 5.41) is 9.77. The molecule has 2 heterocycles. The van der Waals surface area contributed by atoms with Crippen LogP contribution in [0.5, 0.6) is 5.88 Å². The molecule has 0 bridgehead atoms. The fraction of sp³-hybridized carbons (Fsp3) is 0.182. The van der Waals surface area contributed by atoms with Crippen molar-refractivity contribution in [2.45, 2.75) is 0 Å². The molecule has 0 aromatic carbocycles. The van der Waals surface area contributed by atoms with Crippen LogP contribution in [0.25, 0.3) is 6.08 Å². The number of allylic oxidation sites excluding steroid dienone is 2. The molecule has 1 aliphatic rings. The lowest BCUT2D eigenvalue weighted by Crippen LogP contribution is -2.37. The van der Waals surface area contributed by atoms with E-state index in [1.54, 1.807) is 18.4 Å². The molecular formula is C11H11N3O3. The van der Waals surface area contributed by atoms with Crippen LogP contribution >= 0.6 is 0 Å². The zero-order valence-electron chi connectivity index (χ0n) is 9.41. The van der Waals surface area contributed by atoms with E-state index in [1.165, 1.54) is 20.2 Å².